The summed E-state index contributed by atoms with van der Waals surface area (Å²) >= 11 is 2.38. The van der Waals surface area contributed by atoms with Gasteiger partial charge < -0.3 is 10.4 Å². The number of rotatable bonds is 6. The summed E-state index contributed by atoms with van der Waals surface area (Å²) in [5.41, 5.74) is 1.46. The molecule has 0 atom stereocenters. The van der Waals surface area contributed by atoms with Crippen LogP contribution in [-0.4, -0.2) is 37.6 Å². The van der Waals surface area contributed by atoms with Crippen LogP contribution in [0.1, 0.15) is 12.6 Å². The van der Waals surface area contributed by atoms with Crippen molar-refractivity contribution in [3.05, 3.63) is 17.1 Å². The maximum Gasteiger partial charge on any atom is 0.250 e. The predicted octanol–water partition coefficient (Wildman–Crippen LogP) is 1.41. The molecule has 2 aromatic rings. The summed E-state index contributed by atoms with van der Waals surface area (Å²) < 4.78 is 26.5. The molecule has 0 radical (unpaired) electrons. The molecule has 2 aromatic heterocycles. The fourth-order valence-corrected chi connectivity index (χ4v) is 5.01. The highest BCUT2D eigenvalue weighted by molar-refractivity contribution is 7.91. The molecule has 7 nitrogen and oxygen atoms in total. The summed E-state index contributed by atoms with van der Waals surface area (Å²) in [6, 6.07) is 1.56. The number of anilines is 1. The molecule has 120 valence electrons. The lowest BCUT2D eigenvalue weighted by molar-refractivity contribution is -0.114. The van der Waals surface area contributed by atoms with Crippen LogP contribution in [0.2, 0.25) is 0 Å². The molecule has 22 heavy (non-hydrogen) atoms. The van der Waals surface area contributed by atoms with E-state index in [0.717, 1.165) is 27.5 Å². The Morgan fingerprint density at radius 3 is 2.82 bits per heavy atom. The Morgan fingerprint density at radius 1 is 1.45 bits per heavy atom. The molecule has 2 rings (SSSR count). The largest absolute Gasteiger partial charge is 0.395 e. The smallest absolute Gasteiger partial charge is 0.250 e. The van der Waals surface area contributed by atoms with Gasteiger partial charge in [-0.05, 0) is 13.0 Å². The predicted molar refractivity (Wildman–Crippen MR) is 86.7 cm³/mol. The van der Waals surface area contributed by atoms with Gasteiger partial charge in [0.2, 0.25) is 15.9 Å². The number of hydrogen-bond acceptors (Lipinski definition) is 7. The molecule has 3 N–H and O–H groups in total. The molecule has 0 aliphatic carbocycles. The van der Waals surface area contributed by atoms with E-state index in [1.165, 1.54) is 18.3 Å². The number of aliphatic hydroxyl groups is 1. The molecule has 0 saturated heterocycles. The Bertz CT molecular complexity index is 779. The van der Waals surface area contributed by atoms with Crippen LogP contribution in [0.3, 0.4) is 0 Å². The third-order valence-corrected chi connectivity index (χ3v) is 6.61. The minimum Gasteiger partial charge on any atom is -0.395 e. The van der Waals surface area contributed by atoms with Gasteiger partial charge in [-0.3, -0.25) is 4.79 Å². The zero-order chi connectivity index (χ0) is 16.3. The van der Waals surface area contributed by atoms with Gasteiger partial charge in [0.1, 0.15) is 4.21 Å². The van der Waals surface area contributed by atoms with Crippen LogP contribution in [-0.2, 0) is 14.8 Å². The van der Waals surface area contributed by atoms with E-state index in [1.54, 1.807) is 18.4 Å². The monoisotopic (exact) mass is 361 g/mol. The van der Waals surface area contributed by atoms with Gasteiger partial charge in [-0.25, -0.2) is 18.1 Å². The molecule has 1 amide bonds. The van der Waals surface area contributed by atoms with Crippen LogP contribution in [0.4, 0.5) is 5.13 Å². The third kappa shape index (κ3) is 3.90. The zero-order valence-corrected chi connectivity index (χ0v) is 14.4. The highest BCUT2D eigenvalue weighted by atomic mass is 32.2. The number of hydrogen-bond donors (Lipinski definition) is 3. The second kappa shape index (κ2) is 6.84. The molecule has 0 aromatic carbocycles. The molecule has 0 saturated carbocycles. The van der Waals surface area contributed by atoms with Crippen molar-refractivity contribution < 1.29 is 18.3 Å². The topological polar surface area (TPSA) is 108 Å². The molecule has 0 aliphatic heterocycles. The van der Waals surface area contributed by atoms with E-state index >= 15 is 0 Å². The SMILES string of the molecule is CC(=O)Nc1nc(C)c(-c2csc(S(=O)(=O)NCCO)c2)s1. The maximum atomic E-state index is 12.0. The number of sulfonamides is 1. The van der Waals surface area contributed by atoms with E-state index in [1.807, 2.05) is 0 Å². The van der Waals surface area contributed by atoms with E-state index in [-0.39, 0.29) is 23.3 Å². The van der Waals surface area contributed by atoms with Crippen molar-refractivity contribution in [2.24, 2.45) is 0 Å². The number of thiophene rings is 1. The normalized spacial score (nSPS) is 11.6. The summed E-state index contributed by atoms with van der Waals surface area (Å²) in [7, 11) is -3.61. The molecule has 0 aliphatic rings. The Balaban J connectivity index is 2.28. The number of carbonyl (C=O) groups excluding carboxylic acids is 1. The van der Waals surface area contributed by atoms with Crippen molar-refractivity contribution in [3.8, 4) is 10.4 Å². The van der Waals surface area contributed by atoms with Crippen molar-refractivity contribution in [2.45, 2.75) is 18.1 Å². The third-order valence-electron chi connectivity index (χ3n) is 2.59. The number of thiazole rings is 1. The number of aliphatic hydroxyl groups excluding tert-OH is 1. The van der Waals surface area contributed by atoms with E-state index in [0.29, 0.717) is 5.13 Å². The van der Waals surface area contributed by atoms with Gasteiger partial charge in [0.15, 0.2) is 5.13 Å². The van der Waals surface area contributed by atoms with E-state index in [9.17, 15) is 13.2 Å². The molecular weight excluding hydrogens is 346 g/mol. The van der Waals surface area contributed by atoms with E-state index < -0.39 is 10.0 Å². The zero-order valence-electron chi connectivity index (χ0n) is 11.9. The molecule has 0 bridgehead atoms. The molecule has 0 fully saturated rings. The van der Waals surface area contributed by atoms with Crippen molar-refractivity contribution in [1.82, 2.24) is 9.71 Å². The van der Waals surface area contributed by atoms with E-state index in [4.69, 9.17) is 5.11 Å². The number of amides is 1. The van der Waals surface area contributed by atoms with Gasteiger partial charge in [-0.1, -0.05) is 11.3 Å². The van der Waals surface area contributed by atoms with Crippen molar-refractivity contribution in [3.63, 3.8) is 0 Å². The number of aromatic nitrogens is 1. The lowest BCUT2D eigenvalue weighted by Gasteiger charge is -2.01. The maximum absolute atomic E-state index is 12.0. The first kappa shape index (κ1) is 17.0. The van der Waals surface area contributed by atoms with Crippen molar-refractivity contribution >= 4 is 43.7 Å². The summed E-state index contributed by atoms with van der Waals surface area (Å²) in [4.78, 5) is 16.1. The van der Waals surface area contributed by atoms with Gasteiger partial charge in [-0.15, -0.1) is 11.3 Å². The second-order valence-corrected chi connectivity index (χ2v) is 8.29. The summed E-state index contributed by atoms with van der Waals surface area (Å²) in [5.74, 6) is -0.206. The van der Waals surface area contributed by atoms with Crippen LogP contribution in [0.25, 0.3) is 10.4 Å². The first-order valence-electron chi connectivity index (χ1n) is 6.28. The van der Waals surface area contributed by atoms with Crippen molar-refractivity contribution in [2.75, 3.05) is 18.5 Å². The quantitative estimate of drug-likeness (QED) is 0.721. The van der Waals surface area contributed by atoms with Gasteiger partial charge in [0, 0.05) is 24.4 Å². The minimum absolute atomic E-state index is 0.0260. The summed E-state index contributed by atoms with van der Waals surface area (Å²) in [6.45, 7) is 2.92. The first-order valence-corrected chi connectivity index (χ1v) is 9.46. The highest BCUT2D eigenvalue weighted by Gasteiger charge is 2.19. The highest BCUT2D eigenvalue weighted by Crippen LogP contribution is 2.36. The molecule has 10 heteroatoms. The van der Waals surface area contributed by atoms with Crippen LogP contribution < -0.4 is 10.0 Å². The summed E-state index contributed by atoms with van der Waals surface area (Å²) in [6.07, 6.45) is 0. The molecule has 0 unspecified atom stereocenters. The van der Waals surface area contributed by atoms with Crippen LogP contribution in [0.5, 0.6) is 0 Å². The fourth-order valence-electron chi connectivity index (χ4n) is 1.70. The van der Waals surface area contributed by atoms with Crippen LogP contribution >= 0.6 is 22.7 Å². The van der Waals surface area contributed by atoms with Gasteiger partial charge in [0.25, 0.3) is 0 Å². The molecular formula is C12H15N3O4S3. The summed E-state index contributed by atoms with van der Waals surface area (Å²) in [5, 5.41) is 13.5. The fraction of sp³-hybridized carbons (Fsp3) is 0.333. The number of aryl methyl sites for hydroxylation is 1. The Hall–Kier alpha value is -1.33. The van der Waals surface area contributed by atoms with Gasteiger partial charge in [0.05, 0.1) is 17.2 Å². The van der Waals surface area contributed by atoms with Crippen LogP contribution in [0.15, 0.2) is 15.7 Å². The number of nitrogens with zero attached hydrogens (tertiary/aromatic N) is 1. The Kier molecular flexibility index (Phi) is 5.29. The lowest BCUT2D eigenvalue weighted by atomic mass is 10.2. The second-order valence-electron chi connectivity index (χ2n) is 4.39. The standard InChI is InChI=1S/C12H15N3O4S3/c1-7-11(21-12(14-7)15-8(2)17)9-5-10(20-6-9)22(18,19)13-3-4-16/h5-6,13,16H,3-4H2,1-2H3,(H,14,15,17). The Labute approximate surface area is 136 Å². The van der Waals surface area contributed by atoms with E-state index in [2.05, 4.69) is 15.0 Å². The van der Waals surface area contributed by atoms with Gasteiger partial charge in [-0.2, -0.15) is 0 Å². The minimum atomic E-state index is -3.61. The number of carbonyl (C=O) groups is 1. The lowest BCUT2D eigenvalue weighted by Crippen LogP contribution is -2.25. The van der Waals surface area contributed by atoms with Crippen LogP contribution in [0, 0.1) is 6.92 Å². The Morgan fingerprint density at radius 2 is 2.18 bits per heavy atom. The number of nitrogens with one attached hydrogen (secondary N) is 2. The van der Waals surface area contributed by atoms with Crippen molar-refractivity contribution in [1.29, 1.82) is 0 Å². The molecule has 0 spiro atoms. The van der Waals surface area contributed by atoms with Gasteiger partial charge >= 0.3 is 0 Å². The average Bonchev–Trinajstić information content (AvgIpc) is 3.03. The first-order chi connectivity index (χ1) is 10.3. The average molecular weight is 361 g/mol. The molecule has 2 heterocycles.